The molecule has 0 amide bonds. The van der Waals surface area contributed by atoms with Crippen molar-refractivity contribution >= 4 is 16.0 Å². The molecule has 0 aromatic heterocycles. The second kappa shape index (κ2) is 10.2. The Morgan fingerprint density at radius 2 is 1.47 bits per heavy atom. The lowest BCUT2D eigenvalue weighted by molar-refractivity contribution is -0.137. The van der Waals surface area contributed by atoms with Crippen LogP contribution in [0.25, 0.3) is 0 Å². The lowest BCUT2D eigenvalue weighted by atomic mass is 10.1. The summed E-state index contributed by atoms with van der Waals surface area (Å²) in [4.78, 5) is 10.5. The summed E-state index contributed by atoms with van der Waals surface area (Å²) in [7, 11) is -2.09. The van der Waals surface area contributed by atoms with E-state index in [2.05, 4.69) is 6.92 Å². The van der Waals surface area contributed by atoms with Crippen LogP contribution in [0.2, 0.25) is 0 Å². The summed E-state index contributed by atoms with van der Waals surface area (Å²) >= 11 is 0. The first-order chi connectivity index (χ1) is 8.90. The van der Waals surface area contributed by atoms with Crippen molar-refractivity contribution < 1.29 is 18.3 Å². The number of nitrogens with zero attached hydrogens (tertiary/aromatic N) is 1. The minimum Gasteiger partial charge on any atom is -0.480 e. The van der Waals surface area contributed by atoms with Gasteiger partial charge in [0.05, 0.1) is 5.75 Å². The molecule has 114 valence electrons. The standard InChI is InChI=1S/C13H27NO4S/c1-3-4-5-6-7-8-9-10-11-19(17,18)14(2)12-13(15)16/h3-12H2,1-2H3,(H,15,16). The third-order valence-electron chi connectivity index (χ3n) is 3.09. The molecule has 5 nitrogen and oxygen atoms in total. The number of likely N-dealkylation sites (N-methyl/N-ethyl adjacent to an activating group) is 1. The maximum Gasteiger partial charge on any atom is 0.318 e. The highest BCUT2D eigenvalue weighted by Crippen LogP contribution is 2.10. The predicted molar refractivity (Wildman–Crippen MR) is 76.7 cm³/mol. The second-order valence-electron chi connectivity index (χ2n) is 4.94. The number of sulfonamides is 1. The molecule has 0 aromatic rings. The summed E-state index contributed by atoms with van der Waals surface area (Å²) in [6.45, 7) is 1.72. The molecule has 0 rings (SSSR count). The van der Waals surface area contributed by atoms with Crippen LogP contribution >= 0.6 is 0 Å². The molecule has 0 bridgehead atoms. The molecule has 1 N–H and O–H groups in total. The number of carboxylic acid groups (broad SMARTS) is 1. The van der Waals surface area contributed by atoms with Crippen LogP contribution in [-0.4, -0.2) is 43.1 Å². The molecule has 0 saturated carbocycles. The fourth-order valence-electron chi connectivity index (χ4n) is 1.86. The van der Waals surface area contributed by atoms with E-state index in [1.807, 2.05) is 0 Å². The first-order valence-corrected chi connectivity index (χ1v) is 8.67. The molecule has 0 aliphatic rings. The summed E-state index contributed by atoms with van der Waals surface area (Å²) in [5.74, 6) is -1.08. The van der Waals surface area contributed by atoms with Crippen LogP contribution in [0.3, 0.4) is 0 Å². The molecule has 19 heavy (non-hydrogen) atoms. The maximum atomic E-state index is 11.7. The number of carboxylic acids is 1. The third-order valence-corrected chi connectivity index (χ3v) is 4.97. The topological polar surface area (TPSA) is 74.7 Å². The molecule has 0 aliphatic heterocycles. The summed E-state index contributed by atoms with van der Waals surface area (Å²) in [6, 6.07) is 0. The minimum absolute atomic E-state index is 0.0474. The average Bonchev–Trinajstić information content (AvgIpc) is 2.31. The molecule has 0 radical (unpaired) electrons. The normalized spacial score (nSPS) is 11.9. The highest BCUT2D eigenvalue weighted by molar-refractivity contribution is 7.89. The van der Waals surface area contributed by atoms with E-state index >= 15 is 0 Å². The van der Waals surface area contributed by atoms with Gasteiger partial charge in [-0.1, -0.05) is 51.9 Å². The highest BCUT2D eigenvalue weighted by Gasteiger charge is 2.19. The van der Waals surface area contributed by atoms with E-state index < -0.39 is 22.5 Å². The number of hydrogen-bond acceptors (Lipinski definition) is 3. The first-order valence-electron chi connectivity index (χ1n) is 7.06. The Morgan fingerprint density at radius 1 is 1.00 bits per heavy atom. The van der Waals surface area contributed by atoms with Crippen molar-refractivity contribution in [2.24, 2.45) is 0 Å². The Labute approximate surface area is 117 Å². The van der Waals surface area contributed by atoms with Gasteiger partial charge in [0.25, 0.3) is 0 Å². The van der Waals surface area contributed by atoms with E-state index in [9.17, 15) is 13.2 Å². The summed E-state index contributed by atoms with van der Waals surface area (Å²) in [5.41, 5.74) is 0. The van der Waals surface area contributed by atoms with Gasteiger partial charge in [-0.05, 0) is 6.42 Å². The molecule has 0 spiro atoms. The van der Waals surface area contributed by atoms with Crippen LogP contribution in [-0.2, 0) is 14.8 Å². The van der Waals surface area contributed by atoms with Crippen LogP contribution < -0.4 is 0 Å². The number of unbranched alkanes of at least 4 members (excludes halogenated alkanes) is 7. The number of hydrogen-bond donors (Lipinski definition) is 1. The smallest absolute Gasteiger partial charge is 0.318 e. The SMILES string of the molecule is CCCCCCCCCCS(=O)(=O)N(C)CC(=O)O. The zero-order chi connectivity index (χ0) is 14.7. The van der Waals surface area contributed by atoms with E-state index in [1.54, 1.807) is 0 Å². The van der Waals surface area contributed by atoms with E-state index in [1.165, 1.54) is 32.7 Å². The van der Waals surface area contributed by atoms with Crippen molar-refractivity contribution in [1.29, 1.82) is 0 Å². The van der Waals surface area contributed by atoms with E-state index in [0.29, 0.717) is 6.42 Å². The lowest BCUT2D eigenvalue weighted by Gasteiger charge is -2.14. The van der Waals surface area contributed by atoms with Crippen LogP contribution in [0, 0.1) is 0 Å². The van der Waals surface area contributed by atoms with Crippen molar-refractivity contribution in [3.8, 4) is 0 Å². The Morgan fingerprint density at radius 3 is 1.95 bits per heavy atom. The predicted octanol–water partition coefficient (Wildman–Crippen LogP) is 2.47. The fourth-order valence-corrected chi connectivity index (χ4v) is 3.05. The zero-order valence-corrected chi connectivity index (χ0v) is 12.9. The molecule has 0 unspecified atom stereocenters. The Balaban J connectivity index is 3.67. The van der Waals surface area contributed by atoms with Crippen molar-refractivity contribution in [3.05, 3.63) is 0 Å². The van der Waals surface area contributed by atoms with Crippen molar-refractivity contribution in [3.63, 3.8) is 0 Å². The van der Waals surface area contributed by atoms with E-state index in [4.69, 9.17) is 5.11 Å². The molecule has 0 saturated heterocycles. The largest absolute Gasteiger partial charge is 0.480 e. The summed E-state index contributed by atoms with van der Waals surface area (Å²) in [6.07, 6.45) is 8.71. The van der Waals surface area contributed by atoms with Gasteiger partial charge in [-0.15, -0.1) is 0 Å². The van der Waals surface area contributed by atoms with Crippen LogP contribution in [0.5, 0.6) is 0 Å². The van der Waals surface area contributed by atoms with E-state index in [-0.39, 0.29) is 5.75 Å². The number of aliphatic carboxylic acids is 1. The monoisotopic (exact) mass is 293 g/mol. The highest BCUT2D eigenvalue weighted by atomic mass is 32.2. The van der Waals surface area contributed by atoms with Crippen molar-refractivity contribution in [1.82, 2.24) is 4.31 Å². The molecule has 0 aliphatic carbocycles. The van der Waals surface area contributed by atoms with Gasteiger partial charge in [-0.25, -0.2) is 8.42 Å². The third kappa shape index (κ3) is 9.90. The number of rotatable bonds is 12. The van der Waals surface area contributed by atoms with Crippen LogP contribution in [0.4, 0.5) is 0 Å². The van der Waals surface area contributed by atoms with Gasteiger partial charge in [0, 0.05) is 7.05 Å². The zero-order valence-electron chi connectivity index (χ0n) is 12.1. The Kier molecular flexibility index (Phi) is 9.87. The van der Waals surface area contributed by atoms with Gasteiger partial charge in [-0.3, -0.25) is 4.79 Å². The minimum atomic E-state index is -3.40. The summed E-state index contributed by atoms with van der Waals surface area (Å²) < 4.78 is 24.3. The molecule has 0 aromatic carbocycles. The van der Waals surface area contributed by atoms with Gasteiger partial charge < -0.3 is 5.11 Å². The molecule has 0 fully saturated rings. The molecular formula is C13H27NO4S. The number of carbonyl (C=O) groups is 1. The first kappa shape index (κ1) is 18.4. The van der Waals surface area contributed by atoms with Crippen molar-refractivity contribution in [2.45, 2.75) is 58.3 Å². The molecule has 6 heteroatoms. The van der Waals surface area contributed by atoms with Gasteiger partial charge in [-0.2, -0.15) is 4.31 Å². The Bertz CT molecular complexity index is 341. The van der Waals surface area contributed by atoms with Gasteiger partial charge in [0.2, 0.25) is 10.0 Å². The maximum absolute atomic E-state index is 11.7. The quantitative estimate of drug-likeness (QED) is 0.561. The van der Waals surface area contributed by atoms with E-state index in [0.717, 1.165) is 23.6 Å². The second-order valence-corrected chi connectivity index (χ2v) is 7.14. The van der Waals surface area contributed by atoms with Crippen LogP contribution in [0.15, 0.2) is 0 Å². The summed E-state index contributed by atoms with van der Waals surface area (Å²) in [5, 5.41) is 8.55. The van der Waals surface area contributed by atoms with Gasteiger partial charge >= 0.3 is 5.97 Å². The molecule has 0 heterocycles. The lowest BCUT2D eigenvalue weighted by Crippen LogP contribution is -2.33. The van der Waals surface area contributed by atoms with Gasteiger partial charge in [0.1, 0.15) is 6.54 Å². The molecule has 0 atom stereocenters. The molecular weight excluding hydrogens is 266 g/mol. The Hall–Kier alpha value is -0.620. The van der Waals surface area contributed by atoms with Crippen molar-refractivity contribution in [2.75, 3.05) is 19.3 Å². The average molecular weight is 293 g/mol. The fraction of sp³-hybridized carbons (Fsp3) is 0.923. The van der Waals surface area contributed by atoms with Crippen LogP contribution in [0.1, 0.15) is 58.3 Å². The van der Waals surface area contributed by atoms with Gasteiger partial charge in [0.15, 0.2) is 0 Å².